The van der Waals surface area contributed by atoms with Gasteiger partial charge in [0.25, 0.3) is 0 Å². The second-order valence-corrected chi connectivity index (χ2v) is 13.9. The molecule has 0 saturated heterocycles. The molecular weight excluding hydrogens is 749 g/mol. The number of aromatic nitrogens is 4. The Morgan fingerprint density at radius 3 is 2.59 bits per heavy atom. The minimum atomic E-state index is -2.42. The molecule has 236 valence electrons. The van der Waals surface area contributed by atoms with Crippen molar-refractivity contribution in [1.82, 2.24) is 14.0 Å². The first kappa shape index (κ1) is 28.3. The number of rotatable bonds is 4. The van der Waals surface area contributed by atoms with Gasteiger partial charge < -0.3 is 28.4 Å². The molecule has 46 heavy (non-hydrogen) atoms. The molecule has 0 amide bonds. The van der Waals surface area contributed by atoms with Gasteiger partial charge in [0.15, 0.2) is 0 Å². The van der Waals surface area contributed by atoms with Gasteiger partial charge in [-0.1, -0.05) is 89.4 Å². The molecule has 0 atom stereocenters. The van der Waals surface area contributed by atoms with E-state index in [1.54, 1.807) is 10.6 Å². The molecule has 2 aromatic carbocycles. The van der Waals surface area contributed by atoms with Crippen LogP contribution in [0.1, 0.15) is 56.9 Å². The molecule has 2 aliphatic heterocycles. The van der Waals surface area contributed by atoms with Crippen LogP contribution in [0.5, 0.6) is 5.75 Å². The minimum Gasteiger partial charge on any atom is -0.641 e. The van der Waals surface area contributed by atoms with Crippen LogP contribution in [-0.2, 0) is 33.5 Å². The van der Waals surface area contributed by atoms with Crippen LogP contribution in [0.2, 0.25) is 5.31 Å². The quantitative estimate of drug-likeness (QED) is 0.110. The van der Waals surface area contributed by atoms with Crippen molar-refractivity contribution in [2.24, 2.45) is 6.98 Å². The number of aryl methyl sites for hydroxylation is 1. The summed E-state index contributed by atoms with van der Waals surface area (Å²) >= 11 is 0. The maximum absolute atomic E-state index is 8.27. The van der Waals surface area contributed by atoms with E-state index in [1.807, 2.05) is 60.4 Å². The molecule has 2 aliphatic rings. The minimum absolute atomic E-state index is 0. The van der Waals surface area contributed by atoms with Crippen molar-refractivity contribution >= 4 is 47.5 Å². The number of anilines is 1. The number of para-hydroxylation sites is 1. The molecule has 5 heterocycles. The zero-order chi connectivity index (χ0) is 34.2. The molecule has 0 spiro atoms. The summed E-state index contributed by atoms with van der Waals surface area (Å²) < 4.78 is 36.3. The van der Waals surface area contributed by atoms with Crippen molar-refractivity contribution in [3.63, 3.8) is 0 Å². The van der Waals surface area contributed by atoms with Gasteiger partial charge in [0.05, 0.1) is 9.93 Å². The van der Waals surface area contributed by atoms with Crippen LogP contribution in [0.25, 0.3) is 38.9 Å². The van der Waals surface area contributed by atoms with E-state index in [4.69, 9.17) is 19.1 Å². The predicted molar refractivity (Wildman–Crippen MR) is 186 cm³/mol. The average Bonchev–Trinajstić information content (AvgIpc) is 3.58. The van der Waals surface area contributed by atoms with E-state index < -0.39 is 14.0 Å². The third-order valence-electron chi connectivity index (χ3n) is 8.64. The second-order valence-electron chi connectivity index (χ2n) is 13.9. The maximum Gasteiger partial charge on any atom is 0.352 e. The standard InChI is InChI=1S/C36H38B2N6O.Pt/c1-35(2,3)25-18-21-39-32(22-25)44-29-13-10-9-12-27(29)28-16-15-26(23-31(28)44)45-33-14-11-19-38(40-33)43-24-41(7)34-30(43)17-20-37(42(34)8)36(4,5)6;/h9-22H,1-8H3;/q-2;/i7D3;. The topological polar surface area (TPSA) is 53.2 Å². The van der Waals surface area contributed by atoms with E-state index in [0.29, 0.717) is 17.5 Å². The van der Waals surface area contributed by atoms with Crippen molar-refractivity contribution in [3.8, 4) is 11.6 Å². The van der Waals surface area contributed by atoms with Gasteiger partial charge in [0.1, 0.15) is 12.1 Å². The van der Waals surface area contributed by atoms with Crippen LogP contribution >= 0.6 is 0 Å². The van der Waals surface area contributed by atoms with Crippen LogP contribution in [0.15, 0.2) is 84.7 Å². The summed E-state index contributed by atoms with van der Waals surface area (Å²) in [7, 11) is 1.93. The van der Waals surface area contributed by atoms with Crippen molar-refractivity contribution < 1.29 is 34.5 Å². The third kappa shape index (κ3) is 5.53. The zero-order valence-corrected chi connectivity index (χ0v) is 29.4. The Kier molecular flexibility index (Phi) is 7.18. The van der Waals surface area contributed by atoms with Gasteiger partial charge in [0, 0.05) is 58.4 Å². The Morgan fingerprint density at radius 2 is 1.83 bits per heavy atom. The van der Waals surface area contributed by atoms with Crippen molar-refractivity contribution in [2.45, 2.75) is 52.3 Å². The fourth-order valence-corrected chi connectivity index (χ4v) is 6.39. The molecule has 0 saturated carbocycles. The molecule has 10 heteroatoms. The molecule has 0 aliphatic carbocycles. The summed E-state index contributed by atoms with van der Waals surface area (Å²) in [6.45, 7) is 10.0. The number of benzene rings is 2. The monoisotopic (exact) mass is 790 g/mol. The number of allylic oxidation sites excluding steroid dienone is 2. The number of pyridine rings is 1. The number of hydrogen-bond donors (Lipinski definition) is 0. The maximum atomic E-state index is 8.27. The summed E-state index contributed by atoms with van der Waals surface area (Å²) in [6, 6.07) is 19.9. The average molecular weight is 790 g/mol. The van der Waals surface area contributed by atoms with Gasteiger partial charge in [-0.3, -0.25) is 0 Å². The zero-order valence-electron chi connectivity index (χ0n) is 30.1. The molecule has 0 unspecified atom stereocenters. The Balaban J connectivity index is 0.00000417. The Labute approximate surface area is 291 Å². The number of fused-ring (bicyclic) bond motifs is 4. The molecule has 7 rings (SSSR count). The van der Waals surface area contributed by atoms with Gasteiger partial charge in [-0.05, 0) is 51.6 Å². The van der Waals surface area contributed by atoms with Crippen LogP contribution in [-0.4, -0.2) is 34.9 Å². The normalized spacial score (nSPS) is 16.0. The van der Waals surface area contributed by atoms with Gasteiger partial charge in [-0.2, -0.15) is 6.07 Å². The van der Waals surface area contributed by atoms with Gasteiger partial charge >= 0.3 is 6.85 Å². The number of hydrogen-bond acceptors (Lipinski definition) is 3. The van der Waals surface area contributed by atoms with Crippen LogP contribution in [0.3, 0.4) is 0 Å². The largest absolute Gasteiger partial charge is 0.641 e. The molecule has 5 aromatic rings. The van der Waals surface area contributed by atoms with E-state index in [0.717, 1.165) is 33.3 Å². The molecule has 7 nitrogen and oxygen atoms in total. The fraction of sp³-hybridized carbons (Fsp3) is 0.278. The first-order valence-corrected chi connectivity index (χ1v) is 15.3. The Bertz CT molecular complexity index is 2160. The van der Waals surface area contributed by atoms with Crippen LogP contribution < -0.4 is 14.1 Å². The van der Waals surface area contributed by atoms with Gasteiger partial charge in [0.2, 0.25) is 6.98 Å². The van der Waals surface area contributed by atoms with E-state index in [-0.39, 0.29) is 38.6 Å². The summed E-state index contributed by atoms with van der Waals surface area (Å²) in [5.74, 6) is 6.29. The number of ether oxygens (including phenoxy) is 1. The summed E-state index contributed by atoms with van der Waals surface area (Å²) in [5, 5.41) is 6.92. The number of imidazole rings is 1. The second kappa shape index (κ2) is 11.7. The van der Waals surface area contributed by atoms with E-state index in [1.165, 1.54) is 10.1 Å². The van der Waals surface area contributed by atoms with E-state index >= 15 is 0 Å². The first-order valence-electron chi connectivity index (χ1n) is 16.8. The Hall–Kier alpha value is -3.96. The summed E-state index contributed by atoms with van der Waals surface area (Å²) in [5.41, 5.74) is 3.76. The van der Waals surface area contributed by atoms with Gasteiger partial charge in [-0.15, -0.1) is 17.5 Å². The smallest absolute Gasteiger partial charge is 0.352 e. The van der Waals surface area contributed by atoms with Crippen molar-refractivity contribution in [3.05, 3.63) is 114 Å². The summed E-state index contributed by atoms with van der Waals surface area (Å²) in [4.78, 5) is 6.79. The SMILES string of the molecule is [2H]C([2H])([2H])[n+]1[c-]n(B2C=CC=C(Oc3[c-]c4c(cc3)c3ccccc3n4-c3cc(C(C)(C)C)ccn3)[N-]2)c2c1N(C)B(C(C)(C)C)C=C2.[Pt]. The molecule has 0 N–H and O–H groups in total. The predicted octanol–water partition coefficient (Wildman–Crippen LogP) is 7.23. The van der Waals surface area contributed by atoms with E-state index in [2.05, 4.69) is 88.7 Å². The third-order valence-corrected chi connectivity index (χ3v) is 8.64. The summed E-state index contributed by atoms with van der Waals surface area (Å²) in [6.07, 6.45) is 10.6. The van der Waals surface area contributed by atoms with Gasteiger partial charge in [-0.25, -0.2) is 4.98 Å². The first-order chi connectivity index (χ1) is 22.6. The van der Waals surface area contributed by atoms with Crippen LogP contribution in [0, 0.1) is 12.4 Å². The molecule has 0 fully saturated rings. The number of nitrogens with zero attached hydrogens (tertiary/aromatic N) is 6. The molecule has 3 aromatic heterocycles. The van der Waals surface area contributed by atoms with Crippen molar-refractivity contribution in [1.29, 1.82) is 0 Å². The van der Waals surface area contributed by atoms with Crippen molar-refractivity contribution in [2.75, 3.05) is 11.9 Å². The van der Waals surface area contributed by atoms with E-state index in [9.17, 15) is 0 Å². The molecular formula is C36H38B2N6OPt-2. The molecule has 0 radical (unpaired) electrons. The molecule has 0 bridgehead atoms. The fourth-order valence-electron chi connectivity index (χ4n) is 6.39. The van der Waals surface area contributed by atoms with Crippen LogP contribution in [0.4, 0.5) is 5.82 Å². The Morgan fingerprint density at radius 1 is 1.02 bits per heavy atom.